The number of aliphatic hydroxyl groups is 4. The van der Waals surface area contributed by atoms with Crippen LogP contribution in [0.2, 0.25) is 0 Å². The lowest BCUT2D eigenvalue weighted by atomic mass is 9.90. The molecule has 0 aliphatic carbocycles. The second kappa shape index (κ2) is 26.6. The molecule has 0 rings (SSSR count). The minimum absolute atomic E-state index is 0.0274. The summed E-state index contributed by atoms with van der Waals surface area (Å²) in [5.41, 5.74) is 5.43. The molecule has 0 saturated carbocycles. The van der Waals surface area contributed by atoms with Gasteiger partial charge in [0.25, 0.3) is 0 Å². The van der Waals surface area contributed by atoms with E-state index in [1.807, 2.05) is 27.7 Å². The Morgan fingerprint density at radius 2 is 1.18 bits per heavy atom. The Labute approximate surface area is 240 Å². The van der Waals surface area contributed by atoms with Gasteiger partial charge in [0.2, 0.25) is 0 Å². The van der Waals surface area contributed by atoms with Gasteiger partial charge >= 0.3 is 0 Å². The molecule has 6 atom stereocenters. The molecule has 0 saturated heterocycles. The first-order valence-corrected chi connectivity index (χ1v) is 16.0. The van der Waals surface area contributed by atoms with Crippen molar-refractivity contribution in [3.63, 3.8) is 0 Å². The number of hydrogen-bond donors (Lipinski definition) is 5. The number of ether oxygens (including phenoxy) is 2. The number of aliphatic hydroxyl groups excluding tert-OH is 4. The van der Waals surface area contributed by atoms with Crippen LogP contribution >= 0.6 is 0 Å². The highest BCUT2D eigenvalue weighted by molar-refractivity contribution is 4.79. The molecule has 39 heavy (non-hydrogen) atoms. The number of unbranched alkanes of at least 4 members (excludes halogenated alkanes) is 8. The number of nitrogens with two attached hydrogens (primary N) is 1. The fraction of sp³-hybridized carbons (Fsp3) is 1.00. The lowest BCUT2D eigenvalue weighted by molar-refractivity contribution is -0.0371. The van der Waals surface area contributed by atoms with E-state index in [0.717, 1.165) is 51.9 Å². The van der Waals surface area contributed by atoms with E-state index < -0.39 is 18.3 Å². The summed E-state index contributed by atoms with van der Waals surface area (Å²) in [6.07, 6.45) is 11.1. The van der Waals surface area contributed by atoms with Crippen molar-refractivity contribution in [2.75, 3.05) is 59.2 Å². The third kappa shape index (κ3) is 21.1. The standard InChI is InChI=1S/C31H66N2O6/c1-5-26(2)31(37)29(35)25-33(24-28(4)30(36)27(3)16-19-34)18-13-11-9-7-6-8-10-12-14-20-38-22-23-39-21-15-17-32/h26-31,34-37H,5-25,32H2,1-4H3. The van der Waals surface area contributed by atoms with Gasteiger partial charge in [-0.2, -0.15) is 0 Å². The fourth-order valence-electron chi connectivity index (χ4n) is 4.99. The van der Waals surface area contributed by atoms with Gasteiger partial charge in [-0.25, -0.2) is 0 Å². The van der Waals surface area contributed by atoms with E-state index in [9.17, 15) is 20.4 Å². The van der Waals surface area contributed by atoms with Crippen LogP contribution in [-0.2, 0) is 9.47 Å². The minimum atomic E-state index is -0.792. The van der Waals surface area contributed by atoms with Crippen LogP contribution in [0.25, 0.3) is 0 Å². The van der Waals surface area contributed by atoms with Gasteiger partial charge in [0.05, 0.1) is 31.5 Å². The normalized spacial score (nSPS) is 16.8. The summed E-state index contributed by atoms with van der Waals surface area (Å²) >= 11 is 0. The Morgan fingerprint density at radius 1 is 0.641 bits per heavy atom. The zero-order valence-corrected chi connectivity index (χ0v) is 25.9. The molecule has 8 nitrogen and oxygen atoms in total. The average molecular weight is 563 g/mol. The summed E-state index contributed by atoms with van der Waals surface area (Å²) in [6.45, 7) is 13.6. The molecular formula is C31H66N2O6. The van der Waals surface area contributed by atoms with Crippen molar-refractivity contribution in [1.29, 1.82) is 0 Å². The van der Waals surface area contributed by atoms with E-state index in [-0.39, 0.29) is 24.4 Å². The molecule has 0 aliphatic heterocycles. The van der Waals surface area contributed by atoms with E-state index in [2.05, 4.69) is 4.90 Å². The maximum atomic E-state index is 10.7. The van der Waals surface area contributed by atoms with E-state index in [0.29, 0.717) is 39.3 Å². The van der Waals surface area contributed by atoms with Crippen LogP contribution in [0.3, 0.4) is 0 Å². The van der Waals surface area contributed by atoms with Crippen molar-refractivity contribution in [2.24, 2.45) is 23.5 Å². The Hall–Kier alpha value is -0.320. The first kappa shape index (κ1) is 38.7. The Kier molecular flexibility index (Phi) is 26.4. The summed E-state index contributed by atoms with van der Waals surface area (Å²) < 4.78 is 11.0. The van der Waals surface area contributed by atoms with Crippen LogP contribution in [0.1, 0.15) is 105 Å². The largest absolute Gasteiger partial charge is 0.396 e. The Balaban J connectivity index is 4.15. The van der Waals surface area contributed by atoms with Gasteiger partial charge in [-0.1, -0.05) is 79.1 Å². The molecule has 0 spiro atoms. The van der Waals surface area contributed by atoms with Gasteiger partial charge in [-0.15, -0.1) is 0 Å². The summed E-state index contributed by atoms with van der Waals surface area (Å²) in [5, 5.41) is 41.1. The van der Waals surface area contributed by atoms with Crippen molar-refractivity contribution < 1.29 is 29.9 Å². The van der Waals surface area contributed by atoms with Crippen LogP contribution in [0.4, 0.5) is 0 Å². The third-order valence-electron chi connectivity index (χ3n) is 7.99. The van der Waals surface area contributed by atoms with Crippen molar-refractivity contribution >= 4 is 0 Å². The van der Waals surface area contributed by atoms with Crippen LogP contribution in [-0.4, -0.2) is 103 Å². The minimum Gasteiger partial charge on any atom is -0.396 e. The highest BCUT2D eigenvalue weighted by Gasteiger charge is 2.27. The monoisotopic (exact) mass is 562 g/mol. The summed E-state index contributed by atoms with van der Waals surface area (Å²) in [6, 6.07) is 0. The second-order valence-electron chi connectivity index (χ2n) is 11.7. The molecule has 0 bridgehead atoms. The third-order valence-corrected chi connectivity index (χ3v) is 7.99. The van der Waals surface area contributed by atoms with Crippen molar-refractivity contribution in [3.8, 4) is 0 Å². The van der Waals surface area contributed by atoms with Gasteiger partial charge in [-0.3, -0.25) is 0 Å². The topological polar surface area (TPSA) is 129 Å². The van der Waals surface area contributed by atoms with Crippen molar-refractivity contribution in [2.45, 2.75) is 123 Å². The van der Waals surface area contributed by atoms with Crippen molar-refractivity contribution in [1.82, 2.24) is 4.90 Å². The molecule has 8 heteroatoms. The van der Waals surface area contributed by atoms with Crippen LogP contribution < -0.4 is 5.73 Å². The fourth-order valence-corrected chi connectivity index (χ4v) is 4.99. The first-order chi connectivity index (χ1) is 18.8. The molecule has 0 aliphatic rings. The van der Waals surface area contributed by atoms with Gasteiger partial charge in [0.15, 0.2) is 0 Å². The zero-order chi connectivity index (χ0) is 29.3. The molecule has 0 heterocycles. The van der Waals surface area contributed by atoms with E-state index in [1.54, 1.807) is 0 Å². The molecule has 0 amide bonds. The highest BCUT2D eigenvalue weighted by atomic mass is 16.5. The van der Waals surface area contributed by atoms with Gasteiger partial charge in [0, 0.05) is 32.9 Å². The molecule has 6 unspecified atom stereocenters. The predicted molar refractivity (Wildman–Crippen MR) is 161 cm³/mol. The molecule has 0 aromatic rings. The predicted octanol–water partition coefficient (Wildman–Crippen LogP) is 3.96. The van der Waals surface area contributed by atoms with Gasteiger partial charge in [-0.05, 0) is 56.5 Å². The lowest BCUT2D eigenvalue weighted by Crippen LogP contribution is -2.45. The Bertz CT molecular complexity index is 515. The average Bonchev–Trinajstić information content (AvgIpc) is 2.93. The summed E-state index contributed by atoms with van der Waals surface area (Å²) in [5.74, 6) is 0.105. The van der Waals surface area contributed by atoms with E-state index in [4.69, 9.17) is 15.2 Å². The van der Waals surface area contributed by atoms with Crippen molar-refractivity contribution in [3.05, 3.63) is 0 Å². The summed E-state index contributed by atoms with van der Waals surface area (Å²) in [7, 11) is 0. The molecule has 0 aromatic carbocycles. The second-order valence-corrected chi connectivity index (χ2v) is 11.7. The molecule has 0 fully saturated rings. The van der Waals surface area contributed by atoms with E-state index >= 15 is 0 Å². The zero-order valence-electron chi connectivity index (χ0n) is 25.9. The molecular weight excluding hydrogens is 496 g/mol. The maximum absolute atomic E-state index is 10.7. The summed E-state index contributed by atoms with van der Waals surface area (Å²) in [4.78, 5) is 2.21. The van der Waals surface area contributed by atoms with Gasteiger partial charge in [0.1, 0.15) is 0 Å². The number of hydrogen-bond acceptors (Lipinski definition) is 8. The van der Waals surface area contributed by atoms with E-state index in [1.165, 1.54) is 38.5 Å². The van der Waals surface area contributed by atoms with Crippen LogP contribution in [0.5, 0.6) is 0 Å². The highest BCUT2D eigenvalue weighted by Crippen LogP contribution is 2.19. The Morgan fingerprint density at radius 3 is 1.72 bits per heavy atom. The van der Waals surface area contributed by atoms with Gasteiger partial charge < -0.3 is 40.5 Å². The van der Waals surface area contributed by atoms with Crippen LogP contribution in [0, 0.1) is 17.8 Å². The number of nitrogens with zero attached hydrogens (tertiary/aromatic N) is 1. The molecule has 236 valence electrons. The smallest absolute Gasteiger partial charge is 0.0928 e. The molecule has 6 N–H and O–H groups in total. The maximum Gasteiger partial charge on any atom is 0.0928 e. The quantitative estimate of drug-likeness (QED) is 0.0867. The SMILES string of the molecule is CCC(C)C(O)C(O)CN(CCCCCCCCCCCOCCOCCCN)CC(C)C(O)C(C)CCO. The molecule has 0 radical (unpaired) electrons. The van der Waals surface area contributed by atoms with Crippen LogP contribution in [0.15, 0.2) is 0 Å². The lowest BCUT2D eigenvalue weighted by Gasteiger charge is -2.33. The molecule has 0 aromatic heterocycles. The number of rotatable bonds is 29. The first-order valence-electron chi connectivity index (χ1n) is 16.0.